The maximum atomic E-state index is 11.0. The van der Waals surface area contributed by atoms with E-state index >= 15 is 0 Å². The van der Waals surface area contributed by atoms with Crippen molar-refractivity contribution in [2.75, 3.05) is 5.32 Å². The van der Waals surface area contributed by atoms with Gasteiger partial charge in [-0.15, -0.1) is 0 Å². The molecule has 2 aromatic rings. The molecule has 2 aromatic carbocycles. The highest BCUT2D eigenvalue weighted by atomic mass is 79.9. The van der Waals surface area contributed by atoms with Crippen molar-refractivity contribution in [2.24, 2.45) is 11.5 Å². The number of halogens is 1. The summed E-state index contributed by atoms with van der Waals surface area (Å²) in [5.74, 6) is -0.455. The van der Waals surface area contributed by atoms with Gasteiger partial charge in [-0.05, 0) is 42.5 Å². The second kappa shape index (κ2) is 6.02. The third-order valence-electron chi connectivity index (χ3n) is 2.70. The lowest BCUT2D eigenvalue weighted by Crippen LogP contribution is -2.12. The van der Waals surface area contributed by atoms with Crippen LogP contribution in [0.4, 0.5) is 11.4 Å². The highest BCUT2D eigenvalue weighted by Gasteiger charge is 2.07. The molecule has 2 rings (SSSR count). The predicted octanol–water partition coefficient (Wildman–Crippen LogP) is 2.93. The number of primary amides is 1. The Labute approximate surface area is 130 Å². The summed E-state index contributed by atoms with van der Waals surface area (Å²) >= 11 is 8.42. The molecule has 0 bridgehead atoms. The molecule has 0 heterocycles. The fourth-order valence-corrected chi connectivity index (χ4v) is 2.23. The maximum absolute atomic E-state index is 11.0. The molecular weight excluding hydrogens is 338 g/mol. The Morgan fingerprint density at radius 3 is 2.30 bits per heavy atom. The first-order chi connectivity index (χ1) is 9.47. The smallest absolute Gasteiger partial charge is 0.248 e. The van der Waals surface area contributed by atoms with Crippen LogP contribution >= 0.6 is 28.1 Å². The highest BCUT2D eigenvalue weighted by Crippen LogP contribution is 2.24. The summed E-state index contributed by atoms with van der Waals surface area (Å²) in [7, 11) is 0. The Balaban J connectivity index is 2.30. The largest absolute Gasteiger partial charge is 0.389 e. The number of hydrogen-bond donors (Lipinski definition) is 3. The minimum atomic E-state index is -0.455. The minimum absolute atomic E-state index is 0.308. The van der Waals surface area contributed by atoms with Crippen molar-refractivity contribution in [2.45, 2.75) is 0 Å². The Hall–Kier alpha value is -1.92. The molecule has 0 radical (unpaired) electrons. The average molecular weight is 350 g/mol. The van der Waals surface area contributed by atoms with Crippen LogP contribution in [0.1, 0.15) is 15.9 Å². The molecule has 0 spiro atoms. The van der Waals surface area contributed by atoms with Gasteiger partial charge in [0.2, 0.25) is 5.91 Å². The molecule has 102 valence electrons. The van der Waals surface area contributed by atoms with Crippen molar-refractivity contribution in [3.63, 3.8) is 0 Å². The van der Waals surface area contributed by atoms with Crippen LogP contribution in [-0.4, -0.2) is 10.9 Å². The molecular formula is C14H12BrN3OS. The molecule has 0 fully saturated rings. The van der Waals surface area contributed by atoms with Crippen LogP contribution in [0.25, 0.3) is 0 Å². The molecule has 0 unspecified atom stereocenters. The van der Waals surface area contributed by atoms with Crippen LogP contribution in [0.5, 0.6) is 0 Å². The van der Waals surface area contributed by atoms with Gasteiger partial charge in [0.15, 0.2) is 0 Å². The van der Waals surface area contributed by atoms with Crippen molar-refractivity contribution >= 4 is 50.4 Å². The number of rotatable bonds is 4. The molecule has 0 saturated heterocycles. The first kappa shape index (κ1) is 14.5. The Kier molecular flexibility index (Phi) is 4.36. The Bertz CT molecular complexity index is 671. The molecule has 4 nitrogen and oxygen atoms in total. The van der Waals surface area contributed by atoms with E-state index in [1.54, 1.807) is 24.3 Å². The summed E-state index contributed by atoms with van der Waals surface area (Å²) in [6, 6.07) is 12.5. The van der Waals surface area contributed by atoms with E-state index in [4.69, 9.17) is 23.7 Å². The number of nitrogens with one attached hydrogen (secondary N) is 1. The Morgan fingerprint density at radius 2 is 1.75 bits per heavy atom. The van der Waals surface area contributed by atoms with Crippen LogP contribution < -0.4 is 16.8 Å². The van der Waals surface area contributed by atoms with Gasteiger partial charge in [0.1, 0.15) is 4.99 Å². The van der Waals surface area contributed by atoms with Gasteiger partial charge in [0.25, 0.3) is 0 Å². The van der Waals surface area contributed by atoms with Crippen molar-refractivity contribution in [1.29, 1.82) is 0 Å². The first-order valence-electron chi connectivity index (χ1n) is 5.73. The average Bonchev–Trinajstić information content (AvgIpc) is 2.41. The highest BCUT2D eigenvalue weighted by molar-refractivity contribution is 9.10. The molecule has 6 heteroatoms. The monoisotopic (exact) mass is 349 g/mol. The fourth-order valence-electron chi connectivity index (χ4n) is 1.70. The van der Waals surface area contributed by atoms with Gasteiger partial charge in [-0.25, -0.2) is 0 Å². The molecule has 0 aliphatic rings. The molecule has 0 aliphatic carbocycles. The maximum Gasteiger partial charge on any atom is 0.248 e. The SMILES string of the molecule is NC(=O)c1ccc(Nc2ccc(Br)cc2C(N)=S)cc1. The van der Waals surface area contributed by atoms with Crippen molar-refractivity contribution in [3.05, 3.63) is 58.1 Å². The van der Waals surface area contributed by atoms with Gasteiger partial charge in [0.05, 0.1) is 0 Å². The predicted molar refractivity (Wildman–Crippen MR) is 88.3 cm³/mol. The normalized spacial score (nSPS) is 10.1. The van der Waals surface area contributed by atoms with Crippen molar-refractivity contribution in [3.8, 4) is 0 Å². The molecule has 1 amide bonds. The molecule has 0 aromatic heterocycles. The lowest BCUT2D eigenvalue weighted by Gasteiger charge is -2.12. The van der Waals surface area contributed by atoms with Crippen molar-refractivity contribution < 1.29 is 4.79 Å². The summed E-state index contributed by atoms with van der Waals surface area (Å²) in [5.41, 5.74) is 13.7. The number of thiocarbonyl (C=S) groups is 1. The summed E-state index contributed by atoms with van der Waals surface area (Å²) in [5, 5.41) is 3.21. The standard InChI is InChI=1S/C14H12BrN3OS/c15-9-3-6-12(11(7-9)14(17)20)18-10-4-1-8(2-5-10)13(16)19/h1-7,18H,(H2,16,19)(H2,17,20). The van der Waals surface area contributed by atoms with E-state index in [0.717, 1.165) is 21.4 Å². The van der Waals surface area contributed by atoms with Crippen LogP contribution in [-0.2, 0) is 0 Å². The van der Waals surface area contributed by atoms with Crippen molar-refractivity contribution in [1.82, 2.24) is 0 Å². The third-order valence-corrected chi connectivity index (χ3v) is 3.41. The topological polar surface area (TPSA) is 81.1 Å². The number of hydrogen-bond acceptors (Lipinski definition) is 3. The van der Waals surface area contributed by atoms with Gasteiger partial charge >= 0.3 is 0 Å². The number of amides is 1. The molecule has 0 saturated carbocycles. The van der Waals surface area contributed by atoms with Gasteiger partial charge in [-0.1, -0.05) is 28.1 Å². The van der Waals surface area contributed by atoms with E-state index in [2.05, 4.69) is 21.2 Å². The van der Waals surface area contributed by atoms with E-state index in [1.807, 2.05) is 18.2 Å². The summed E-state index contributed by atoms with van der Waals surface area (Å²) in [6.45, 7) is 0. The first-order valence-corrected chi connectivity index (χ1v) is 6.94. The number of carbonyl (C=O) groups excluding carboxylic acids is 1. The number of anilines is 2. The van der Waals surface area contributed by atoms with E-state index < -0.39 is 5.91 Å². The van der Waals surface area contributed by atoms with Gasteiger partial charge < -0.3 is 16.8 Å². The number of carbonyl (C=O) groups is 1. The van der Waals surface area contributed by atoms with E-state index in [9.17, 15) is 4.79 Å². The van der Waals surface area contributed by atoms with Crippen LogP contribution in [0.2, 0.25) is 0 Å². The number of nitrogens with two attached hydrogens (primary N) is 2. The summed E-state index contributed by atoms with van der Waals surface area (Å²) < 4.78 is 0.898. The minimum Gasteiger partial charge on any atom is -0.389 e. The second-order valence-electron chi connectivity index (χ2n) is 4.12. The zero-order valence-corrected chi connectivity index (χ0v) is 12.8. The third kappa shape index (κ3) is 3.34. The quantitative estimate of drug-likeness (QED) is 0.741. The zero-order chi connectivity index (χ0) is 14.7. The molecule has 0 aliphatic heterocycles. The van der Waals surface area contributed by atoms with E-state index in [0.29, 0.717) is 10.6 Å². The second-order valence-corrected chi connectivity index (χ2v) is 5.48. The van der Waals surface area contributed by atoms with Crippen LogP contribution in [0, 0.1) is 0 Å². The molecule has 0 atom stereocenters. The van der Waals surface area contributed by atoms with Crippen LogP contribution in [0.15, 0.2) is 46.9 Å². The lowest BCUT2D eigenvalue weighted by molar-refractivity contribution is 0.100. The van der Waals surface area contributed by atoms with Crippen LogP contribution in [0.3, 0.4) is 0 Å². The van der Waals surface area contributed by atoms with E-state index in [1.165, 1.54) is 0 Å². The van der Waals surface area contributed by atoms with Gasteiger partial charge in [-0.3, -0.25) is 4.79 Å². The number of benzene rings is 2. The molecule has 5 N–H and O–H groups in total. The van der Waals surface area contributed by atoms with E-state index in [-0.39, 0.29) is 0 Å². The fraction of sp³-hybridized carbons (Fsp3) is 0. The lowest BCUT2D eigenvalue weighted by atomic mass is 10.1. The zero-order valence-electron chi connectivity index (χ0n) is 10.4. The summed E-state index contributed by atoms with van der Waals surface area (Å²) in [6.07, 6.45) is 0. The molecule has 20 heavy (non-hydrogen) atoms. The van der Waals surface area contributed by atoms with Gasteiger partial charge in [0, 0.05) is 27.0 Å². The van der Waals surface area contributed by atoms with Gasteiger partial charge in [-0.2, -0.15) is 0 Å². The Morgan fingerprint density at radius 1 is 1.10 bits per heavy atom. The summed E-state index contributed by atoms with van der Waals surface area (Å²) in [4.78, 5) is 11.3.